The van der Waals surface area contributed by atoms with Crippen LogP contribution in [0.5, 0.6) is 0 Å². The van der Waals surface area contributed by atoms with Crippen molar-refractivity contribution in [2.45, 2.75) is 39.5 Å². The van der Waals surface area contributed by atoms with Crippen molar-refractivity contribution in [1.29, 1.82) is 0 Å². The molecule has 0 radical (unpaired) electrons. The smallest absolute Gasteiger partial charge is 0.0343 e. The highest BCUT2D eigenvalue weighted by molar-refractivity contribution is 5.49. The van der Waals surface area contributed by atoms with Crippen LogP contribution in [0.1, 0.15) is 37.0 Å². The van der Waals surface area contributed by atoms with Gasteiger partial charge in [0.15, 0.2) is 0 Å². The van der Waals surface area contributed by atoms with Crippen LogP contribution in [0.4, 0.5) is 5.69 Å². The first-order valence-corrected chi connectivity index (χ1v) is 9.02. The fraction of sp³-hybridized carbons (Fsp3) is 0.429. The van der Waals surface area contributed by atoms with Crippen LogP contribution >= 0.6 is 0 Å². The van der Waals surface area contributed by atoms with Gasteiger partial charge in [-0.1, -0.05) is 50.2 Å². The Labute approximate surface area is 141 Å². The highest BCUT2D eigenvalue weighted by Crippen LogP contribution is 2.18. The third-order valence-electron chi connectivity index (χ3n) is 4.16. The summed E-state index contributed by atoms with van der Waals surface area (Å²) in [5.74, 6) is 0. The van der Waals surface area contributed by atoms with Crippen LogP contribution < -0.4 is 10.6 Å². The van der Waals surface area contributed by atoms with Gasteiger partial charge in [0.1, 0.15) is 0 Å². The minimum atomic E-state index is 1.03. The van der Waals surface area contributed by atoms with Crippen LogP contribution in [-0.2, 0) is 19.3 Å². The Morgan fingerprint density at radius 1 is 0.913 bits per heavy atom. The van der Waals surface area contributed by atoms with Crippen LogP contribution in [0.15, 0.2) is 48.5 Å². The van der Waals surface area contributed by atoms with Gasteiger partial charge in [-0.25, -0.2) is 0 Å². The van der Waals surface area contributed by atoms with Gasteiger partial charge in [-0.15, -0.1) is 0 Å². The number of hydrogen-bond acceptors (Lipinski definition) is 2. The van der Waals surface area contributed by atoms with Gasteiger partial charge < -0.3 is 10.6 Å². The number of rotatable bonds is 5. The molecule has 0 saturated heterocycles. The second kappa shape index (κ2) is 10.1. The number of nitrogens with one attached hydrogen (secondary N) is 2. The van der Waals surface area contributed by atoms with Gasteiger partial charge in [-0.05, 0) is 67.6 Å². The first-order valence-electron chi connectivity index (χ1n) is 9.02. The summed E-state index contributed by atoms with van der Waals surface area (Å²) in [5, 5.41) is 7.03. The molecule has 124 valence electrons. The van der Waals surface area contributed by atoms with Crippen LogP contribution in [0.3, 0.4) is 0 Å². The minimum absolute atomic E-state index is 1.03. The van der Waals surface area contributed by atoms with Gasteiger partial charge in [0.25, 0.3) is 0 Å². The van der Waals surface area contributed by atoms with E-state index in [1.807, 2.05) is 13.8 Å². The predicted octanol–water partition coefficient (Wildman–Crippen LogP) is 4.45. The third kappa shape index (κ3) is 5.72. The topological polar surface area (TPSA) is 24.1 Å². The maximum absolute atomic E-state index is 3.57. The molecule has 2 aromatic carbocycles. The summed E-state index contributed by atoms with van der Waals surface area (Å²) in [5.41, 5.74) is 5.71. The summed E-state index contributed by atoms with van der Waals surface area (Å²) in [7, 11) is 0. The van der Waals surface area contributed by atoms with Crippen LogP contribution in [0, 0.1) is 0 Å². The summed E-state index contributed by atoms with van der Waals surface area (Å²) in [4.78, 5) is 0. The average Bonchev–Trinajstić information content (AvgIpc) is 2.86. The van der Waals surface area contributed by atoms with Gasteiger partial charge >= 0.3 is 0 Å². The molecule has 0 unspecified atom stereocenters. The number of benzene rings is 2. The van der Waals surface area contributed by atoms with E-state index in [-0.39, 0.29) is 0 Å². The van der Waals surface area contributed by atoms with Gasteiger partial charge in [-0.2, -0.15) is 0 Å². The van der Waals surface area contributed by atoms with Crippen molar-refractivity contribution < 1.29 is 0 Å². The van der Waals surface area contributed by atoms with E-state index in [1.54, 1.807) is 0 Å². The maximum atomic E-state index is 3.57. The molecule has 1 aliphatic rings. The van der Waals surface area contributed by atoms with E-state index in [1.165, 1.54) is 28.8 Å². The normalized spacial score (nSPS) is 13.3. The number of aryl methyl sites for hydroxylation is 1. The SMILES string of the molecule is CC.c1ccc(CCCNc2ccc3c(c2)CCNCC3)cc1. The zero-order valence-corrected chi connectivity index (χ0v) is 14.6. The summed E-state index contributed by atoms with van der Waals surface area (Å²) < 4.78 is 0. The van der Waals surface area contributed by atoms with Crippen molar-refractivity contribution in [2.24, 2.45) is 0 Å². The maximum Gasteiger partial charge on any atom is 0.0343 e. The molecule has 0 aromatic heterocycles. The van der Waals surface area contributed by atoms with Gasteiger partial charge in [0.05, 0.1) is 0 Å². The molecular weight excluding hydrogens is 280 g/mol. The zero-order valence-electron chi connectivity index (χ0n) is 14.6. The molecule has 3 rings (SSSR count). The highest BCUT2D eigenvalue weighted by Gasteiger charge is 2.07. The predicted molar refractivity (Wildman–Crippen MR) is 101 cm³/mol. The molecule has 0 aliphatic carbocycles. The molecule has 0 bridgehead atoms. The monoisotopic (exact) mass is 310 g/mol. The number of anilines is 1. The molecule has 2 heteroatoms. The molecule has 0 saturated carbocycles. The molecule has 0 spiro atoms. The van der Waals surface area contributed by atoms with Crippen molar-refractivity contribution in [3.05, 3.63) is 65.2 Å². The lowest BCUT2D eigenvalue weighted by atomic mass is 10.0. The first-order chi connectivity index (χ1) is 11.4. The van der Waals surface area contributed by atoms with Crippen molar-refractivity contribution in [2.75, 3.05) is 25.0 Å². The van der Waals surface area contributed by atoms with Gasteiger partial charge in [-0.3, -0.25) is 0 Å². The Kier molecular flexibility index (Phi) is 7.68. The van der Waals surface area contributed by atoms with Crippen molar-refractivity contribution in [3.8, 4) is 0 Å². The largest absolute Gasteiger partial charge is 0.385 e. The first kappa shape index (κ1) is 17.6. The Bertz CT molecular complexity index is 563. The Morgan fingerprint density at radius 3 is 2.43 bits per heavy atom. The third-order valence-corrected chi connectivity index (χ3v) is 4.16. The Balaban J connectivity index is 0.000000924. The van der Waals surface area contributed by atoms with E-state index >= 15 is 0 Å². The van der Waals surface area contributed by atoms with E-state index in [4.69, 9.17) is 0 Å². The van der Waals surface area contributed by atoms with E-state index in [2.05, 4.69) is 59.2 Å². The second-order valence-corrected chi connectivity index (χ2v) is 5.75. The van der Waals surface area contributed by atoms with Crippen molar-refractivity contribution >= 4 is 5.69 Å². The number of fused-ring (bicyclic) bond motifs is 1. The Hall–Kier alpha value is -1.80. The van der Waals surface area contributed by atoms with E-state index < -0.39 is 0 Å². The average molecular weight is 310 g/mol. The summed E-state index contributed by atoms with van der Waals surface area (Å²) in [6, 6.07) is 17.6. The van der Waals surface area contributed by atoms with Crippen LogP contribution in [-0.4, -0.2) is 19.6 Å². The molecule has 0 atom stereocenters. The molecular formula is C21H30N2. The van der Waals surface area contributed by atoms with Gasteiger partial charge in [0.2, 0.25) is 0 Å². The molecule has 1 heterocycles. The molecule has 2 N–H and O–H groups in total. The number of hydrogen-bond donors (Lipinski definition) is 2. The fourth-order valence-corrected chi connectivity index (χ4v) is 2.95. The molecule has 23 heavy (non-hydrogen) atoms. The summed E-state index contributed by atoms with van der Waals surface area (Å²) >= 11 is 0. The second-order valence-electron chi connectivity index (χ2n) is 5.75. The molecule has 2 nitrogen and oxygen atoms in total. The molecule has 0 amide bonds. The molecule has 2 aromatic rings. The van der Waals surface area contributed by atoms with Crippen molar-refractivity contribution in [1.82, 2.24) is 5.32 Å². The van der Waals surface area contributed by atoms with Crippen molar-refractivity contribution in [3.63, 3.8) is 0 Å². The lowest BCUT2D eigenvalue weighted by molar-refractivity contribution is 0.711. The summed E-state index contributed by atoms with van der Waals surface area (Å²) in [6.45, 7) is 7.24. The fourth-order valence-electron chi connectivity index (χ4n) is 2.95. The van der Waals surface area contributed by atoms with Gasteiger partial charge in [0, 0.05) is 12.2 Å². The Morgan fingerprint density at radius 2 is 1.65 bits per heavy atom. The minimum Gasteiger partial charge on any atom is -0.385 e. The standard InChI is InChI=1S/C19H24N2.C2H6/c1-2-5-16(6-3-1)7-4-12-21-19-9-8-17-10-13-20-14-11-18(17)15-19;1-2/h1-3,5-6,8-9,15,20-21H,4,7,10-14H2;1-2H3. The zero-order chi connectivity index (χ0) is 16.3. The quantitative estimate of drug-likeness (QED) is 0.798. The van der Waals surface area contributed by atoms with E-state index in [0.29, 0.717) is 0 Å². The highest BCUT2D eigenvalue weighted by atomic mass is 14.9. The lowest BCUT2D eigenvalue weighted by Crippen LogP contribution is -2.16. The van der Waals surface area contributed by atoms with Crippen LogP contribution in [0.2, 0.25) is 0 Å². The van der Waals surface area contributed by atoms with E-state index in [9.17, 15) is 0 Å². The van der Waals surface area contributed by atoms with Crippen LogP contribution in [0.25, 0.3) is 0 Å². The summed E-state index contributed by atoms with van der Waals surface area (Å²) in [6.07, 6.45) is 4.61. The van der Waals surface area contributed by atoms with E-state index in [0.717, 1.165) is 38.9 Å². The molecule has 0 fully saturated rings. The molecule has 1 aliphatic heterocycles. The lowest BCUT2D eigenvalue weighted by Gasteiger charge is -2.11.